The van der Waals surface area contributed by atoms with E-state index in [9.17, 15) is 0 Å². The average Bonchev–Trinajstić information content (AvgIpc) is 2.76. The molecule has 1 N–H and O–H groups in total. The zero-order valence-corrected chi connectivity index (χ0v) is 12.3. The van der Waals surface area contributed by atoms with E-state index in [4.69, 9.17) is 0 Å². The van der Waals surface area contributed by atoms with Crippen molar-refractivity contribution < 1.29 is 0 Å². The summed E-state index contributed by atoms with van der Waals surface area (Å²) >= 11 is 0. The molecule has 3 aliphatic rings. The predicted octanol–water partition coefficient (Wildman–Crippen LogP) is 4.37. The molecule has 0 radical (unpaired) electrons. The van der Waals surface area contributed by atoms with Crippen LogP contribution in [0.3, 0.4) is 0 Å². The fourth-order valence-corrected chi connectivity index (χ4v) is 5.01. The molecule has 0 heterocycles. The van der Waals surface area contributed by atoms with Crippen LogP contribution in [0.4, 0.5) is 0 Å². The number of hydrogen-bond donors (Lipinski definition) is 1. The Labute approximate surface area is 113 Å². The fourth-order valence-electron chi connectivity index (χ4n) is 5.01. The lowest BCUT2D eigenvalue weighted by molar-refractivity contribution is 0.407. The van der Waals surface area contributed by atoms with E-state index in [1.807, 2.05) is 0 Å². The first-order valence-corrected chi connectivity index (χ1v) is 8.57. The molecule has 2 bridgehead atoms. The molecule has 0 aromatic rings. The lowest BCUT2D eigenvalue weighted by atomic mass is 10.0. The standard InChI is InChI=1S/C17H31N/c1-3-4-5-6-7-8-12(2)18-17-15-13-9-10-14(11-13)16(15)17/h12-18H,3-11H2,1-2H3. The number of hydrogen-bond acceptors (Lipinski definition) is 1. The molecule has 3 saturated carbocycles. The van der Waals surface area contributed by atoms with Gasteiger partial charge in [-0.05, 0) is 56.3 Å². The van der Waals surface area contributed by atoms with E-state index in [0.29, 0.717) is 0 Å². The molecule has 3 fully saturated rings. The van der Waals surface area contributed by atoms with Crippen molar-refractivity contribution in [1.82, 2.24) is 5.32 Å². The van der Waals surface area contributed by atoms with E-state index in [-0.39, 0.29) is 0 Å². The molecule has 104 valence electrons. The van der Waals surface area contributed by atoms with Crippen molar-refractivity contribution in [3.05, 3.63) is 0 Å². The molecular weight excluding hydrogens is 218 g/mol. The topological polar surface area (TPSA) is 12.0 Å². The molecule has 0 saturated heterocycles. The third-order valence-electron chi connectivity index (χ3n) is 5.95. The molecule has 1 heteroatoms. The monoisotopic (exact) mass is 249 g/mol. The van der Waals surface area contributed by atoms with Crippen LogP contribution < -0.4 is 5.32 Å². The van der Waals surface area contributed by atoms with Crippen LogP contribution in [-0.2, 0) is 0 Å². The first-order chi connectivity index (χ1) is 8.81. The van der Waals surface area contributed by atoms with Crippen LogP contribution in [-0.4, -0.2) is 12.1 Å². The summed E-state index contributed by atoms with van der Waals surface area (Å²) in [5.74, 6) is 4.45. The molecule has 0 aromatic heterocycles. The first kappa shape index (κ1) is 13.0. The molecule has 5 atom stereocenters. The van der Waals surface area contributed by atoms with Crippen LogP contribution in [0, 0.1) is 23.7 Å². The van der Waals surface area contributed by atoms with Crippen LogP contribution in [0.25, 0.3) is 0 Å². The van der Waals surface area contributed by atoms with Gasteiger partial charge in [-0.15, -0.1) is 0 Å². The fraction of sp³-hybridized carbons (Fsp3) is 1.00. The summed E-state index contributed by atoms with van der Waals surface area (Å²) in [4.78, 5) is 0. The van der Waals surface area contributed by atoms with Crippen LogP contribution in [0.1, 0.15) is 71.6 Å². The van der Waals surface area contributed by atoms with Crippen LogP contribution >= 0.6 is 0 Å². The summed E-state index contributed by atoms with van der Waals surface area (Å²) in [6.07, 6.45) is 13.2. The summed E-state index contributed by atoms with van der Waals surface area (Å²) in [5.41, 5.74) is 0. The summed E-state index contributed by atoms with van der Waals surface area (Å²) in [6.45, 7) is 4.71. The number of rotatable bonds is 8. The van der Waals surface area contributed by atoms with Crippen molar-refractivity contribution in [1.29, 1.82) is 0 Å². The maximum Gasteiger partial charge on any atom is 0.0138 e. The van der Waals surface area contributed by atoms with Crippen LogP contribution in [0.2, 0.25) is 0 Å². The van der Waals surface area contributed by atoms with Crippen LogP contribution in [0.15, 0.2) is 0 Å². The third-order valence-corrected chi connectivity index (χ3v) is 5.95. The van der Waals surface area contributed by atoms with Gasteiger partial charge in [0.05, 0.1) is 0 Å². The summed E-state index contributed by atoms with van der Waals surface area (Å²) < 4.78 is 0. The molecular formula is C17H31N. The summed E-state index contributed by atoms with van der Waals surface area (Å²) in [5, 5.41) is 3.95. The van der Waals surface area contributed by atoms with E-state index in [0.717, 1.165) is 35.8 Å². The molecule has 18 heavy (non-hydrogen) atoms. The molecule has 0 amide bonds. The Balaban J connectivity index is 1.30. The van der Waals surface area contributed by atoms with Gasteiger partial charge in [0, 0.05) is 12.1 Å². The van der Waals surface area contributed by atoms with Gasteiger partial charge < -0.3 is 5.32 Å². The lowest BCUT2D eigenvalue weighted by Crippen LogP contribution is -2.31. The Kier molecular flexibility index (Phi) is 3.98. The number of nitrogens with one attached hydrogen (secondary N) is 1. The van der Waals surface area contributed by atoms with Crippen molar-refractivity contribution in [3.63, 3.8) is 0 Å². The molecule has 0 aliphatic heterocycles. The van der Waals surface area contributed by atoms with Gasteiger partial charge in [0.15, 0.2) is 0 Å². The minimum Gasteiger partial charge on any atom is -0.311 e. The molecule has 3 rings (SSSR count). The minimum atomic E-state index is 0.765. The van der Waals surface area contributed by atoms with Crippen LogP contribution in [0.5, 0.6) is 0 Å². The van der Waals surface area contributed by atoms with E-state index < -0.39 is 0 Å². The highest BCUT2D eigenvalue weighted by Crippen LogP contribution is 2.65. The minimum absolute atomic E-state index is 0.765. The third kappa shape index (κ3) is 2.48. The van der Waals surface area contributed by atoms with Gasteiger partial charge in [-0.3, -0.25) is 0 Å². The highest BCUT2D eigenvalue weighted by molar-refractivity contribution is 5.17. The van der Waals surface area contributed by atoms with Crippen molar-refractivity contribution >= 4 is 0 Å². The molecule has 0 spiro atoms. The Morgan fingerprint density at radius 2 is 1.67 bits per heavy atom. The largest absolute Gasteiger partial charge is 0.311 e. The van der Waals surface area contributed by atoms with Crippen molar-refractivity contribution in [2.75, 3.05) is 0 Å². The first-order valence-electron chi connectivity index (χ1n) is 8.57. The molecule has 1 nitrogen and oxygen atoms in total. The lowest BCUT2D eigenvalue weighted by Gasteiger charge is -2.17. The second-order valence-corrected chi connectivity index (χ2v) is 7.28. The second kappa shape index (κ2) is 5.53. The smallest absolute Gasteiger partial charge is 0.0138 e. The molecule has 0 aromatic carbocycles. The Morgan fingerprint density at radius 1 is 1.00 bits per heavy atom. The van der Waals surface area contributed by atoms with Gasteiger partial charge >= 0.3 is 0 Å². The Bertz CT molecular complexity index is 259. The average molecular weight is 249 g/mol. The highest BCUT2D eigenvalue weighted by Gasteiger charge is 2.64. The Morgan fingerprint density at radius 3 is 2.33 bits per heavy atom. The zero-order valence-electron chi connectivity index (χ0n) is 12.3. The van der Waals surface area contributed by atoms with Gasteiger partial charge in [0.25, 0.3) is 0 Å². The van der Waals surface area contributed by atoms with E-state index in [2.05, 4.69) is 19.2 Å². The van der Waals surface area contributed by atoms with E-state index in [1.165, 1.54) is 38.5 Å². The quantitative estimate of drug-likeness (QED) is 0.630. The van der Waals surface area contributed by atoms with E-state index in [1.54, 1.807) is 19.3 Å². The van der Waals surface area contributed by atoms with Gasteiger partial charge in [-0.25, -0.2) is 0 Å². The van der Waals surface area contributed by atoms with Crippen molar-refractivity contribution in [2.24, 2.45) is 23.7 Å². The maximum absolute atomic E-state index is 3.95. The maximum atomic E-state index is 3.95. The zero-order chi connectivity index (χ0) is 12.5. The SMILES string of the molecule is CCCCCCCC(C)NC1C2C3CCC(C3)C12. The molecule has 5 unspecified atom stereocenters. The van der Waals surface area contributed by atoms with Gasteiger partial charge in [-0.1, -0.05) is 39.0 Å². The van der Waals surface area contributed by atoms with Crippen molar-refractivity contribution in [2.45, 2.75) is 83.7 Å². The summed E-state index contributed by atoms with van der Waals surface area (Å²) in [7, 11) is 0. The normalized spacial score (nSPS) is 42.0. The Hall–Kier alpha value is -0.0400. The number of fused-ring (bicyclic) bond motifs is 5. The second-order valence-electron chi connectivity index (χ2n) is 7.28. The summed E-state index contributed by atoms with van der Waals surface area (Å²) in [6, 6.07) is 1.70. The van der Waals surface area contributed by atoms with Gasteiger partial charge in [0.1, 0.15) is 0 Å². The number of unbranched alkanes of at least 4 members (excludes halogenated alkanes) is 4. The van der Waals surface area contributed by atoms with Gasteiger partial charge in [0.2, 0.25) is 0 Å². The van der Waals surface area contributed by atoms with Gasteiger partial charge in [-0.2, -0.15) is 0 Å². The molecule has 3 aliphatic carbocycles. The predicted molar refractivity (Wildman–Crippen MR) is 77.6 cm³/mol. The van der Waals surface area contributed by atoms with E-state index >= 15 is 0 Å². The highest BCUT2D eigenvalue weighted by atomic mass is 15.0. The van der Waals surface area contributed by atoms with Crippen molar-refractivity contribution in [3.8, 4) is 0 Å².